The highest BCUT2D eigenvalue weighted by molar-refractivity contribution is 7.19. The number of hydrogen-bond acceptors (Lipinski definition) is 5. The number of aromatic nitrogens is 4. The first-order valence-electron chi connectivity index (χ1n) is 6.39. The van der Waals surface area contributed by atoms with Gasteiger partial charge in [0.25, 0.3) is 0 Å². The van der Waals surface area contributed by atoms with Crippen molar-refractivity contribution in [3.63, 3.8) is 0 Å². The van der Waals surface area contributed by atoms with Crippen molar-refractivity contribution in [2.24, 2.45) is 0 Å². The zero-order valence-corrected chi connectivity index (χ0v) is 11.7. The molecule has 21 heavy (non-hydrogen) atoms. The summed E-state index contributed by atoms with van der Waals surface area (Å²) in [6.07, 6.45) is 5.32. The van der Waals surface area contributed by atoms with Crippen LogP contribution in [0.1, 0.15) is 11.6 Å². The van der Waals surface area contributed by atoms with Gasteiger partial charge in [-0.05, 0) is 24.3 Å². The van der Waals surface area contributed by atoms with E-state index in [1.807, 2.05) is 54.6 Å². The third-order valence-corrected chi connectivity index (χ3v) is 3.92. The Morgan fingerprint density at radius 1 is 1.00 bits per heavy atom. The van der Waals surface area contributed by atoms with Crippen molar-refractivity contribution in [3.8, 4) is 10.6 Å². The molecular weight excluding hydrogens is 284 g/mol. The van der Waals surface area contributed by atoms with E-state index in [9.17, 15) is 0 Å². The normalized spacial score (nSPS) is 11.6. The molecule has 0 amide bonds. The SMILES string of the molecule is C(=C\c1nnc2sc(-c3ccccc3)nn12)/c1ccco1. The summed E-state index contributed by atoms with van der Waals surface area (Å²) in [5, 5.41) is 13.8. The minimum Gasteiger partial charge on any atom is -0.465 e. The van der Waals surface area contributed by atoms with Crippen LogP contribution in [0, 0.1) is 0 Å². The van der Waals surface area contributed by atoms with E-state index >= 15 is 0 Å². The molecule has 6 heteroatoms. The third-order valence-electron chi connectivity index (χ3n) is 2.98. The Bertz CT molecular complexity index is 890. The van der Waals surface area contributed by atoms with Gasteiger partial charge < -0.3 is 4.42 Å². The zero-order valence-electron chi connectivity index (χ0n) is 10.9. The van der Waals surface area contributed by atoms with Crippen LogP contribution in [0.2, 0.25) is 0 Å². The average Bonchev–Trinajstić information content (AvgIpc) is 3.23. The molecule has 0 aliphatic heterocycles. The molecule has 0 unspecified atom stereocenters. The predicted octanol–water partition coefficient (Wildman–Crippen LogP) is 3.62. The molecule has 4 rings (SSSR count). The summed E-state index contributed by atoms with van der Waals surface area (Å²) in [6.45, 7) is 0. The summed E-state index contributed by atoms with van der Waals surface area (Å²) >= 11 is 1.52. The molecule has 0 saturated carbocycles. The van der Waals surface area contributed by atoms with Gasteiger partial charge in [-0.1, -0.05) is 41.7 Å². The lowest BCUT2D eigenvalue weighted by Gasteiger charge is -1.92. The highest BCUT2D eigenvalue weighted by atomic mass is 32.1. The van der Waals surface area contributed by atoms with Crippen molar-refractivity contribution >= 4 is 28.4 Å². The molecular formula is C15H10N4OS. The van der Waals surface area contributed by atoms with Gasteiger partial charge >= 0.3 is 0 Å². The molecule has 0 atom stereocenters. The second-order valence-electron chi connectivity index (χ2n) is 4.37. The fourth-order valence-electron chi connectivity index (χ4n) is 1.98. The van der Waals surface area contributed by atoms with Crippen LogP contribution in [0.5, 0.6) is 0 Å². The molecule has 5 nitrogen and oxygen atoms in total. The molecule has 0 N–H and O–H groups in total. The number of rotatable bonds is 3. The maximum atomic E-state index is 5.26. The van der Waals surface area contributed by atoms with E-state index in [0.717, 1.165) is 21.3 Å². The predicted molar refractivity (Wildman–Crippen MR) is 81.7 cm³/mol. The molecule has 0 saturated heterocycles. The second-order valence-corrected chi connectivity index (χ2v) is 5.33. The van der Waals surface area contributed by atoms with E-state index in [1.165, 1.54) is 11.3 Å². The lowest BCUT2D eigenvalue weighted by Crippen LogP contribution is -1.89. The zero-order chi connectivity index (χ0) is 14.1. The van der Waals surface area contributed by atoms with Crippen LogP contribution < -0.4 is 0 Å². The van der Waals surface area contributed by atoms with Crippen molar-refractivity contribution in [2.75, 3.05) is 0 Å². The standard InChI is InChI=1S/C15H10N4OS/c1-2-5-11(6-3-1)14-18-19-13(16-17-15(19)21-14)9-8-12-7-4-10-20-12/h1-10H/b9-8+. The smallest absolute Gasteiger partial charge is 0.235 e. The maximum Gasteiger partial charge on any atom is 0.235 e. The molecule has 0 aliphatic rings. The fourth-order valence-corrected chi connectivity index (χ4v) is 2.83. The topological polar surface area (TPSA) is 56.2 Å². The first-order valence-corrected chi connectivity index (χ1v) is 7.21. The van der Waals surface area contributed by atoms with Crippen molar-refractivity contribution < 1.29 is 4.42 Å². The average molecular weight is 294 g/mol. The van der Waals surface area contributed by atoms with Crippen LogP contribution in [0.25, 0.3) is 27.7 Å². The second kappa shape index (κ2) is 4.99. The Hall–Kier alpha value is -2.73. The van der Waals surface area contributed by atoms with E-state index in [4.69, 9.17) is 4.42 Å². The Morgan fingerprint density at radius 3 is 2.71 bits per heavy atom. The largest absolute Gasteiger partial charge is 0.465 e. The highest BCUT2D eigenvalue weighted by Gasteiger charge is 2.10. The molecule has 3 heterocycles. The van der Waals surface area contributed by atoms with E-state index in [0.29, 0.717) is 5.82 Å². The summed E-state index contributed by atoms with van der Waals surface area (Å²) in [5.74, 6) is 1.45. The number of hydrogen-bond donors (Lipinski definition) is 0. The van der Waals surface area contributed by atoms with Gasteiger partial charge in [-0.25, -0.2) is 0 Å². The molecule has 0 bridgehead atoms. The minimum absolute atomic E-state index is 0.680. The van der Waals surface area contributed by atoms with Gasteiger partial charge in [-0.3, -0.25) is 0 Å². The number of benzene rings is 1. The lowest BCUT2D eigenvalue weighted by atomic mass is 10.2. The lowest BCUT2D eigenvalue weighted by molar-refractivity contribution is 0.557. The van der Waals surface area contributed by atoms with Gasteiger partial charge in [0.15, 0.2) is 5.82 Å². The summed E-state index contributed by atoms with van der Waals surface area (Å²) in [6, 6.07) is 13.8. The van der Waals surface area contributed by atoms with Gasteiger partial charge in [0.1, 0.15) is 10.8 Å². The highest BCUT2D eigenvalue weighted by Crippen LogP contribution is 2.25. The number of fused-ring (bicyclic) bond motifs is 1. The minimum atomic E-state index is 0.680. The van der Waals surface area contributed by atoms with E-state index in [-0.39, 0.29) is 0 Å². The van der Waals surface area contributed by atoms with Crippen molar-refractivity contribution in [1.29, 1.82) is 0 Å². The molecule has 3 aromatic heterocycles. The number of nitrogens with zero attached hydrogens (tertiary/aromatic N) is 4. The van der Waals surface area contributed by atoms with E-state index < -0.39 is 0 Å². The van der Waals surface area contributed by atoms with Crippen molar-refractivity contribution in [3.05, 3.63) is 60.3 Å². The summed E-state index contributed by atoms with van der Waals surface area (Å²) in [4.78, 5) is 0.771. The van der Waals surface area contributed by atoms with Crippen LogP contribution in [-0.4, -0.2) is 19.8 Å². The van der Waals surface area contributed by atoms with Gasteiger partial charge in [0.05, 0.1) is 6.26 Å². The molecule has 102 valence electrons. The molecule has 1 aromatic carbocycles. The van der Waals surface area contributed by atoms with Crippen LogP contribution in [0.15, 0.2) is 53.1 Å². The van der Waals surface area contributed by atoms with Crippen LogP contribution in [-0.2, 0) is 0 Å². The number of furan rings is 1. The van der Waals surface area contributed by atoms with Gasteiger partial charge in [0.2, 0.25) is 4.96 Å². The van der Waals surface area contributed by atoms with Crippen molar-refractivity contribution in [1.82, 2.24) is 19.8 Å². The van der Waals surface area contributed by atoms with Crippen LogP contribution >= 0.6 is 11.3 Å². The third kappa shape index (κ3) is 2.25. The van der Waals surface area contributed by atoms with E-state index in [1.54, 1.807) is 10.8 Å². The molecule has 0 radical (unpaired) electrons. The van der Waals surface area contributed by atoms with Crippen LogP contribution in [0.3, 0.4) is 0 Å². The summed E-state index contributed by atoms with van der Waals surface area (Å²) in [7, 11) is 0. The Morgan fingerprint density at radius 2 is 1.90 bits per heavy atom. The summed E-state index contributed by atoms with van der Waals surface area (Å²) in [5.41, 5.74) is 1.08. The quantitative estimate of drug-likeness (QED) is 0.579. The Balaban J connectivity index is 1.73. The molecule has 0 fully saturated rings. The molecule has 0 aliphatic carbocycles. The van der Waals surface area contributed by atoms with Crippen LogP contribution in [0.4, 0.5) is 0 Å². The van der Waals surface area contributed by atoms with E-state index in [2.05, 4.69) is 15.3 Å². The van der Waals surface area contributed by atoms with Gasteiger partial charge in [0, 0.05) is 5.56 Å². The molecule has 4 aromatic rings. The van der Waals surface area contributed by atoms with Gasteiger partial charge in [-0.2, -0.15) is 9.61 Å². The maximum absolute atomic E-state index is 5.26. The fraction of sp³-hybridized carbons (Fsp3) is 0. The monoisotopic (exact) mass is 294 g/mol. The summed E-state index contributed by atoms with van der Waals surface area (Å²) < 4.78 is 7.00. The Labute approximate surface area is 124 Å². The van der Waals surface area contributed by atoms with Crippen molar-refractivity contribution in [2.45, 2.75) is 0 Å². The van der Waals surface area contributed by atoms with Gasteiger partial charge in [-0.15, -0.1) is 10.2 Å². The molecule has 0 spiro atoms. The first-order chi connectivity index (χ1) is 10.4. The first kappa shape index (κ1) is 12.0. The Kier molecular flexibility index (Phi) is 2.86.